The zero-order valence-corrected chi connectivity index (χ0v) is 14.8. The summed E-state index contributed by atoms with van der Waals surface area (Å²) in [5, 5.41) is 3.67. The van der Waals surface area contributed by atoms with Crippen LogP contribution in [0.4, 0.5) is 9.18 Å². The molecule has 5 heteroatoms. The molecule has 3 nitrogen and oxygen atoms in total. The highest BCUT2D eigenvalue weighted by atomic mass is 35.5. The van der Waals surface area contributed by atoms with Crippen molar-refractivity contribution in [1.29, 1.82) is 0 Å². The van der Waals surface area contributed by atoms with Crippen LogP contribution in [0.1, 0.15) is 36.3 Å². The van der Waals surface area contributed by atoms with Crippen LogP contribution in [0.5, 0.6) is 0 Å². The molecule has 1 atom stereocenters. The Labute approximate surface area is 152 Å². The highest BCUT2D eigenvalue weighted by Crippen LogP contribution is 2.26. The number of carbonyl (C=O) groups is 1. The molecule has 0 aliphatic carbocycles. The smallest absolute Gasteiger partial charge is 0.317 e. The van der Waals surface area contributed by atoms with Crippen LogP contribution in [0, 0.1) is 5.82 Å². The van der Waals surface area contributed by atoms with Crippen molar-refractivity contribution in [2.24, 2.45) is 0 Å². The Morgan fingerprint density at radius 2 is 1.84 bits per heavy atom. The third-order valence-electron chi connectivity index (χ3n) is 4.66. The molecule has 1 aliphatic rings. The van der Waals surface area contributed by atoms with Gasteiger partial charge in [-0.25, -0.2) is 9.18 Å². The lowest BCUT2D eigenvalue weighted by Gasteiger charge is -2.25. The molecule has 1 fully saturated rings. The van der Waals surface area contributed by atoms with Gasteiger partial charge in [-0.1, -0.05) is 42.3 Å². The summed E-state index contributed by atoms with van der Waals surface area (Å²) < 4.78 is 13.1. The number of carbonyl (C=O) groups excluding carboxylic acids is 1. The van der Waals surface area contributed by atoms with Crippen molar-refractivity contribution in [3.8, 4) is 0 Å². The molecule has 1 aliphatic heterocycles. The molecular weight excluding hydrogens is 339 g/mol. The first kappa shape index (κ1) is 17.7. The van der Waals surface area contributed by atoms with E-state index in [-0.39, 0.29) is 17.8 Å². The van der Waals surface area contributed by atoms with Gasteiger partial charge in [-0.3, -0.25) is 0 Å². The topological polar surface area (TPSA) is 32.3 Å². The average Bonchev–Trinajstić information content (AvgIpc) is 2.88. The third-order valence-corrected chi connectivity index (χ3v) is 4.91. The maximum absolute atomic E-state index is 13.1. The third kappa shape index (κ3) is 4.95. The van der Waals surface area contributed by atoms with Crippen LogP contribution in [0.25, 0.3) is 0 Å². The first-order valence-corrected chi connectivity index (χ1v) is 9.02. The van der Waals surface area contributed by atoms with E-state index in [1.807, 2.05) is 41.3 Å². The van der Waals surface area contributed by atoms with E-state index in [1.54, 1.807) is 0 Å². The minimum absolute atomic E-state index is 0.0519. The molecule has 0 radical (unpaired) electrons. The molecule has 132 valence electrons. The van der Waals surface area contributed by atoms with Crippen molar-refractivity contribution >= 4 is 17.6 Å². The number of urea groups is 1. The lowest BCUT2D eigenvalue weighted by Crippen LogP contribution is -2.41. The standard InChI is InChI=1S/C20H22ClFN2O/c21-18-8-4-15(5-9-18)13-23-20(25)24-12-2-1-3-17(14-24)16-6-10-19(22)11-7-16/h4-11,17H,1-3,12-14H2,(H,23,25). The summed E-state index contributed by atoms with van der Waals surface area (Å²) in [6.07, 6.45) is 3.08. The van der Waals surface area contributed by atoms with Crippen LogP contribution in [0.2, 0.25) is 5.02 Å². The second kappa shape index (κ2) is 8.34. The molecule has 0 aromatic heterocycles. The Bertz CT molecular complexity index is 703. The van der Waals surface area contributed by atoms with E-state index < -0.39 is 0 Å². The number of amides is 2. The molecule has 2 aromatic carbocycles. The fraction of sp³-hybridized carbons (Fsp3) is 0.350. The van der Waals surface area contributed by atoms with Crippen molar-refractivity contribution in [2.45, 2.75) is 31.7 Å². The fourth-order valence-corrected chi connectivity index (χ4v) is 3.35. The van der Waals surface area contributed by atoms with Gasteiger partial charge in [0.25, 0.3) is 0 Å². The zero-order valence-electron chi connectivity index (χ0n) is 14.1. The Kier molecular flexibility index (Phi) is 5.92. The number of benzene rings is 2. The number of hydrogen-bond acceptors (Lipinski definition) is 1. The van der Waals surface area contributed by atoms with E-state index in [2.05, 4.69) is 5.32 Å². The number of hydrogen-bond donors (Lipinski definition) is 1. The molecule has 1 heterocycles. The van der Waals surface area contributed by atoms with Crippen molar-refractivity contribution < 1.29 is 9.18 Å². The van der Waals surface area contributed by atoms with Crippen LogP contribution >= 0.6 is 11.6 Å². The van der Waals surface area contributed by atoms with Crippen LogP contribution < -0.4 is 5.32 Å². The first-order valence-electron chi connectivity index (χ1n) is 8.64. The second-order valence-electron chi connectivity index (χ2n) is 6.48. The summed E-state index contributed by atoms with van der Waals surface area (Å²) >= 11 is 5.88. The Morgan fingerprint density at radius 3 is 2.56 bits per heavy atom. The molecule has 2 aromatic rings. The predicted octanol–water partition coefficient (Wildman–Crippen LogP) is 4.96. The minimum Gasteiger partial charge on any atom is -0.334 e. The minimum atomic E-state index is -0.227. The Balaban J connectivity index is 1.60. The van der Waals surface area contributed by atoms with Crippen LogP contribution in [-0.4, -0.2) is 24.0 Å². The maximum atomic E-state index is 13.1. The summed E-state index contributed by atoms with van der Waals surface area (Å²) in [5.41, 5.74) is 2.11. The summed E-state index contributed by atoms with van der Waals surface area (Å²) in [4.78, 5) is 14.4. The molecule has 1 saturated heterocycles. The lowest BCUT2D eigenvalue weighted by molar-refractivity contribution is 0.197. The number of nitrogens with zero attached hydrogens (tertiary/aromatic N) is 1. The molecule has 3 rings (SSSR count). The molecule has 1 unspecified atom stereocenters. The molecule has 2 amide bonds. The van der Waals surface area contributed by atoms with Gasteiger partial charge in [-0.2, -0.15) is 0 Å². The van der Waals surface area contributed by atoms with Gasteiger partial charge in [0, 0.05) is 30.6 Å². The Morgan fingerprint density at radius 1 is 1.12 bits per heavy atom. The van der Waals surface area contributed by atoms with Gasteiger partial charge in [-0.15, -0.1) is 0 Å². The largest absolute Gasteiger partial charge is 0.334 e. The predicted molar refractivity (Wildman–Crippen MR) is 98.3 cm³/mol. The van der Waals surface area contributed by atoms with Gasteiger partial charge >= 0.3 is 6.03 Å². The number of halogens is 2. The molecule has 0 saturated carbocycles. The van der Waals surface area contributed by atoms with Gasteiger partial charge in [0.2, 0.25) is 0 Å². The highest BCUT2D eigenvalue weighted by molar-refractivity contribution is 6.30. The summed E-state index contributed by atoms with van der Waals surface area (Å²) in [7, 11) is 0. The van der Waals surface area contributed by atoms with Crippen molar-refractivity contribution in [2.75, 3.05) is 13.1 Å². The zero-order chi connectivity index (χ0) is 17.6. The molecule has 0 spiro atoms. The first-order chi connectivity index (χ1) is 12.1. The van der Waals surface area contributed by atoms with E-state index in [0.29, 0.717) is 18.1 Å². The molecule has 1 N–H and O–H groups in total. The van der Waals surface area contributed by atoms with Crippen LogP contribution in [-0.2, 0) is 6.54 Å². The number of rotatable bonds is 3. The van der Waals surface area contributed by atoms with Gasteiger partial charge in [0.15, 0.2) is 0 Å². The van der Waals surface area contributed by atoms with E-state index in [9.17, 15) is 9.18 Å². The van der Waals surface area contributed by atoms with Crippen molar-refractivity contribution in [1.82, 2.24) is 10.2 Å². The monoisotopic (exact) mass is 360 g/mol. The van der Waals surface area contributed by atoms with Gasteiger partial charge in [-0.05, 0) is 48.2 Å². The number of likely N-dealkylation sites (tertiary alicyclic amines) is 1. The molecule has 0 bridgehead atoms. The Hall–Kier alpha value is -2.07. The van der Waals surface area contributed by atoms with Crippen molar-refractivity contribution in [3.05, 3.63) is 70.5 Å². The maximum Gasteiger partial charge on any atom is 0.317 e. The van der Waals surface area contributed by atoms with E-state index in [4.69, 9.17) is 11.6 Å². The van der Waals surface area contributed by atoms with E-state index in [0.717, 1.165) is 36.9 Å². The summed E-state index contributed by atoms with van der Waals surface area (Å²) in [6.45, 7) is 1.90. The normalized spacial score (nSPS) is 17.8. The van der Waals surface area contributed by atoms with E-state index >= 15 is 0 Å². The quantitative estimate of drug-likeness (QED) is 0.824. The highest BCUT2D eigenvalue weighted by Gasteiger charge is 2.23. The fourth-order valence-electron chi connectivity index (χ4n) is 3.23. The summed E-state index contributed by atoms with van der Waals surface area (Å²) in [6, 6.07) is 14.0. The van der Waals surface area contributed by atoms with Crippen LogP contribution in [0.15, 0.2) is 48.5 Å². The average molecular weight is 361 g/mol. The van der Waals surface area contributed by atoms with Crippen LogP contribution in [0.3, 0.4) is 0 Å². The molecule has 25 heavy (non-hydrogen) atoms. The van der Waals surface area contributed by atoms with Gasteiger partial charge in [0.1, 0.15) is 5.82 Å². The second-order valence-corrected chi connectivity index (χ2v) is 6.91. The van der Waals surface area contributed by atoms with Crippen molar-refractivity contribution in [3.63, 3.8) is 0 Å². The van der Waals surface area contributed by atoms with Gasteiger partial charge in [0.05, 0.1) is 0 Å². The van der Waals surface area contributed by atoms with E-state index in [1.165, 1.54) is 12.1 Å². The van der Waals surface area contributed by atoms with Gasteiger partial charge < -0.3 is 10.2 Å². The number of nitrogens with one attached hydrogen (secondary N) is 1. The lowest BCUT2D eigenvalue weighted by atomic mass is 9.94. The SMILES string of the molecule is O=C(NCc1ccc(Cl)cc1)N1CCCCC(c2ccc(F)cc2)C1. The molecular formula is C20H22ClFN2O. The summed E-state index contributed by atoms with van der Waals surface area (Å²) in [5.74, 6) is 0.0271.